The Balaban J connectivity index is 4.65. The molecule has 5 N–H and O–H groups in total. The lowest BCUT2D eigenvalue weighted by Gasteiger charge is -2.20. The summed E-state index contributed by atoms with van der Waals surface area (Å²) in [6.07, 6.45) is 31.5. The fraction of sp³-hybridized carbons (Fsp3) is 0.750. The van der Waals surface area contributed by atoms with Gasteiger partial charge in [0.15, 0.2) is 6.10 Å². The maximum atomic E-state index is 12.6. The van der Waals surface area contributed by atoms with E-state index < -0.39 is 66.2 Å². The normalized spacial score (nSPS) is 14.7. The number of phosphoric ester groups is 2. The summed E-state index contributed by atoms with van der Waals surface area (Å²) in [5, 5.41) is 18.5. The SMILES string of the molecule is CC(C)CCCCCCCCCCC(=O)OC[C@H](COP(=O)(O)OC[C@@H](O)COP(=O)(O)O)OC(=O)CCC/C=C\C/C=C\C/C=C\C/C=C\CCCCCO. The van der Waals surface area contributed by atoms with Crippen molar-refractivity contribution in [2.75, 3.05) is 33.0 Å². The van der Waals surface area contributed by atoms with Crippen molar-refractivity contribution < 1.29 is 66.7 Å². The molecule has 0 saturated carbocycles. The third-order valence-electron chi connectivity index (χ3n) is 8.19. The van der Waals surface area contributed by atoms with Crippen LogP contribution in [-0.4, -0.2) is 82.1 Å². The zero-order valence-corrected chi connectivity index (χ0v) is 35.6. The number of esters is 2. The molecule has 3 atom stereocenters. The lowest BCUT2D eigenvalue weighted by atomic mass is 10.0. The van der Waals surface area contributed by atoms with Crippen LogP contribution in [0.4, 0.5) is 0 Å². The highest BCUT2D eigenvalue weighted by Gasteiger charge is 2.28. The maximum Gasteiger partial charge on any atom is 0.472 e. The van der Waals surface area contributed by atoms with Gasteiger partial charge in [0, 0.05) is 19.4 Å². The zero-order chi connectivity index (χ0) is 41.8. The van der Waals surface area contributed by atoms with Crippen molar-refractivity contribution in [2.45, 2.75) is 154 Å². The van der Waals surface area contributed by atoms with E-state index in [-0.39, 0.29) is 19.4 Å². The minimum atomic E-state index is -4.87. The van der Waals surface area contributed by atoms with E-state index in [0.717, 1.165) is 70.1 Å². The Kier molecular flexibility index (Phi) is 34.9. The van der Waals surface area contributed by atoms with Gasteiger partial charge in [-0.1, -0.05) is 120 Å². The number of allylic oxidation sites excluding steroid dienone is 8. The van der Waals surface area contributed by atoms with Gasteiger partial charge in [-0.15, -0.1) is 0 Å². The van der Waals surface area contributed by atoms with Crippen LogP contribution in [0.25, 0.3) is 0 Å². The average Bonchev–Trinajstić information content (AvgIpc) is 3.14. The summed E-state index contributed by atoms with van der Waals surface area (Å²) < 4.78 is 47.6. The maximum absolute atomic E-state index is 12.6. The largest absolute Gasteiger partial charge is 0.472 e. The molecule has 0 fully saturated rings. The van der Waals surface area contributed by atoms with E-state index in [1.54, 1.807) is 0 Å². The van der Waals surface area contributed by atoms with Crippen LogP contribution in [0.15, 0.2) is 48.6 Å². The number of hydrogen-bond acceptors (Lipinski definition) is 11. The van der Waals surface area contributed by atoms with Gasteiger partial charge in [0.05, 0.1) is 19.8 Å². The molecule has 56 heavy (non-hydrogen) atoms. The Hall–Kier alpha value is -1.96. The number of hydrogen-bond donors (Lipinski definition) is 5. The number of carbonyl (C=O) groups excluding carboxylic acids is 2. The van der Waals surface area contributed by atoms with Crippen LogP contribution in [-0.2, 0) is 41.8 Å². The van der Waals surface area contributed by atoms with Crippen LogP contribution < -0.4 is 0 Å². The van der Waals surface area contributed by atoms with Crippen LogP contribution in [0, 0.1) is 5.92 Å². The van der Waals surface area contributed by atoms with Crippen molar-refractivity contribution in [1.82, 2.24) is 0 Å². The lowest BCUT2D eigenvalue weighted by molar-refractivity contribution is -0.161. The highest BCUT2D eigenvalue weighted by molar-refractivity contribution is 7.47. The van der Waals surface area contributed by atoms with E-state index in [1.165, 1.54) is 32.1 Å². The highest BCUT2D eigenvalue weighted by Crippen LogP contribution is 2.43. The monoisotopic (exact) mass is 838 g/mol. The molecule has 14 nitrogen and oxygen atoms in total. The molecule has 0 aliphatic carbocycles. The fourth-order valence-electron chi connectivity index (χ4n) is 5.09. The van der Waals surface area contributed by atoms with Crippen molar-refractivity contribution in [2.24, 2.45) is 5.92 Å². The van der Waals surface area contributed by atoms with Gasteiger partial charge in [-0.2, -0.15) is 0 Å². The van der Waals surface area contributed by atoms with Gasteiger partial charge >= 0.3 is 27.6 Å². The van der Waals surface area contributed by atoms with Crippen LogP contribution in [0.1, 0.15) is 142 Å². The number of aliphatic hydroxyl groups is 2. The summed E-state index contributed by atoms with van der Waals surface area (Å²) in [5.74, 6) is -0.379. The van der Waals surface area contributed by atoms with E-state index >= 15 is 0 Å². The summed E-state index contributed by atoms with van der Waals surface area (Å²) in [6, 6.07) is 0. The highest BCUT2D eigenvalue weighted by atomic mass is 31.2. The molecule has 0 aliphatic heterocycles. The second-order valence-corrected chi connectivity index (χ2v) is 16.8. The Labute approximate surface area is 335 Å². The number of carbonyl (C=O) groups is 2. The molecule has 0 aliphatic rings. The van der Waals surface area contributed by atoms with Crippen LogP contribution in [0.3, 0.4) is 0 Å². The van der Waals surface area contributed by atoms with Crippen molar-refractivity contribution in [3.8, 4) is 0 Å². The van der Waals surface area contributed by atoms with Crippen molar-refractivity contribution in [3.63, 3.8) is 0 Å². The molecule has 0 radical (unpaired) electrons. The van der Waals surface area contributed by atoms with Gasteiger partial charge in [0.1, 0.15) is 12.7 Å². The second kappa shape index (κ2) is 36.1. The first kappa shape index (κ1) is 54.0. The van der Waals surface area contributed by atoms with Gasteiger partial charge in [0.25, 0.3) is 0 Å². The van der Waals surface area contributed by atoms with E-state index in [1.807, 2.05) is 12.2 Å². The Morgan fingerprint density at radius 1 is 0.571 bits per heavy atom. The number of ether oxygens (including phenoxy) is 2. The molecule has 0 amide bonds. The second-order valence-electron chi connectivity index (χ2n) is 14.1. The van der Waals surface area contributed by atoms with E-state index in [9.17, 15) is 28.7 Å². The summed E-state index contributed by atoms with van der Waals surface area (Å²) in [7, 11) is -9.69. The predicted molar refractivity (Wildman–Crippen MR) is 217 cm³/mol. The third-order valence-corrected chi connectivity index (χ3v) is 9.63. The predicted octanol–water partition coefficient (Wildman–Crippen LogP) is 8.72. The number of rotatable bonds is 38. The molecule has 0 aromatic carbocycles. The molecule has 0 saturated heterocycles. The third kappa shape index (κ3) is 40.2. The van der Waals surface area contributed by atoms with Crippen LogP contribution >= 0.6 is 15.6 Å². The molecule has 0 aromatic heterocycles. The summed E-state index contributed by atoms with van der Waals surface area (Å²) in [4.78, 5) is 52.5. The van der Waals surface area contributed by atoms with Gasteiger partial charge in [-0.3, -0.25) is 23.2 Å². The zero-order valence-electron chi connectivity index (χ0n) is 33.8. The Morgan fingerprint density at radius 3 is 1.62 bits per heavy atom. The molecule has 0 aromatic rings. The van der Waals surface area contributed by atoms with Crippen LogP contribution in [0.2, 0.25) is 0 Å². The molecule has 0 bridgehead atoms. The topological polar surface area (TPSA) is 216 Å². The van der Waals surface area contributed by atoms with Crippen molar-refractivity contribution >= 4 is 27.6 Å². The molecule has 326 valence electrons. The summed E-state index contributed by atoms with van der Waals surface area (Å²) in [5.41, 5.74) is 0. The average molecular weight is 839 g/mol. The number of unbranched alkanes of at least 4 members (excludes halogenated alkanes) is 11. The molecular formula is C40H72O14P2. The van der Waals surface area contributed by atoms with E-state index in [0.29, 0.717) is 19.3 Å². The van der Waals surface area contributed by atoms with Crippen molar-refractivity contribution in [3.05, 3.63) is 48.6 Å². The van der Waals surface area contributed by atoms with E-state index in [2.05, 4.69) is 59.4 Å². The molecule has 0 heterocycles. The van der Waals surface area contributed by atoms with E-state index in [4.69, 9.17) is 28.9 Å². The number of phosphoric acid groups is 2. The minimum Gasteiger partial charge on any atom is -0.462 e. The smallest absolute Gasteiger partial charge is 0.462 e. The molecular weight excluding hydrogens is 766 g/mol. The van der Waals surface area contributed by atoms with Gasteiger partial charge in [0.2, 0.25) is 0 Å². The Morgan fingerprint density at radius 2 is 1.05 bits per heavy atom. The summed E-state index contributed by atoms with van der Waals surface area (Å²) >= 11 is 0. The molecule has 0 rings (SSSR count). The van der Waals surface area contributed by atoms with Gasteiger partial charge < -0.3 is 34.4 Å². The van der Waals surface area contributed by atoms with Crippen molar-refractivity contribution in [1.29, 1.82) is 0 Å². The standard InChI is InChI=1S/C40H72O14P2/c1-36(2)28-24-20-16-13-14-17-21-25-29-39(43)50-34-38(35-53-56(48,49)52-33-37(42)32-51-55(45,46)47)54-40(44)30-26-22-18-12-10-8-6-4-3-5-7-9-11-15-19-23-27-31-41/h3,5-6,8-9,11-12,18,36-38,41-42H,4,7,10,13-17,19-35H2,1-2H3,(H,48,49)(H2,45,46,47)/b5-3-,8-6-,11-9-,18-12-/t37-,38+/m0/s1. The molecule has 1 unspecified atom stereocenters. The first-order valence-electron chi connectivity index (χ1n) is 20.3. The number of aliphatic hydroxyl groups excluding tert-OH is 2. The van der Waals surface area contributed by atoms with Gasteiger partial charge in [-0.05, 0) is 63.7 Å². The first-order valence-corrected chi connectivity index (χ1v) is 23.3. The first-order chi connectivity index (χ1) is 26.7. The lowest BCUT2D eigenvalue weighted by Crippen LogP contribution is -2.29. The summed E-state index contributed by atoms with van der Waals surface area (Å²) in [6.45, 7) is 1.94. The Bertz CT molecular complexity index is 1200. The van der Waals surface area contributed by atoms with Gasteiger partial charge in [-0.25, -0.2) is 9.13 Å². The molecule has 0 spiro atoms. The quantitative estimate of drug-likeness (QED) is 0.0170. The fourth-order valence-corrected chi connectivity index (χ4v) is 6.25. The minimum absolute atomic E-state index is 0.0449. The molecule has 16 heteroatoms. The van der Waals surface area contributed by atoms with Crippen LogP contribution in [0.5, 0.6) is 0 Å².